The summed E-state index contributed by atoms with van der Waals surface area (Å²) in [6.45, 7) is 3.40. The molecule has 2 aromatic heterocycles. The van der Waals surface area contributed by atoms with Gasteiger partial charge in [-0.05, 0) is 30.5 Å². The number of nitrogens with zero attached hydrogens (tertiary/aromatic N) is 5. The Labute approximate surface area is 190 Å². The van der Waals surface area contributed by atoms with Crippen molar-refractivity contribution >= 4 is 29.9 Å². The van der Waals surface area contributed by atoms with E-state index < -0.39 is 12.8 Å². The number of ether oxygens (including phenoxy) is 1. The smallest absolute Gasteiger partial charge is 0.422 e. The first-order chi connectivity index (χ1) is 13.8. The van der Waals surface area contributed by atoms with Crippen LogP contribution in [0.25, 0.3) is 0 Å². The van der Waals surface area contributed by atoms with Crippen LogP contribution in [0.1, 0.15) is 30.4 Å². The zero-order valence-electron chi connectivity index (χ0n) is 16.9. The molecule has 11 heteroatoms. The average Bonchev–Trinajstić information content (AvgIpc) is 3.32. The largest absolute Gasteiger partial charge is 0.468 e. The second-order valence-electron chi connectivity index (χ2n) is 6.96. The molecule has 0 radical (unpaired) electrons. The highest BCUT2D eigenvalue weighted by atomic mass is 127. The van der Waals surface area contributed by atoms with Crippen molar-refractivity contribution in [1.29, 1.82) is 0 Å². The summed E-state index contributed by atoms with van der Waals surface area (Å²) < 4.78 is 43.5. The van der Waals surface area contributed by atoms with Crippen LogP contribution in [0.4, 0.5) is 13.2 Å². The second kappa shape index (κ2) is 10.8. The molecular weight excluding hydrogens is 512 g/mol. The standard InChI is InChI=1S/C19H25F3N6O.HI/c1-3-23-18(28-7-5-15(12-28)16-10-26-27(2)11-16)25-9-14-4-6-24-17(8-14)29-13-19(20,21)22;/h4,6,8,10-11,15H,3,5,7,9,12-13H2,1-2H3,(H,23,25);1H. The highest BCUT2D eigenvalue weighted by Crippen LogP contribution is 2.26. The van der Waals surface area contributed by atoms with Gasteiger partial charge in [-0.2, -0.15) is 18.3 Å². The maximum absolute atomic E-state index is 12.3. The Hall–Kier alpha value is -2.05. The van der Waals surface area contributed by atoms with E-state index in [1.54, 1.807) is 10.7 Å². The molecule has 0 spiro atoms. The minimum Gasteiger partial charge on any atom is -0.468 e. The summed E-state index contributed by atoms with van der Waals surface area (Å²) in [7, 11) is 1.91. The van der Waals surface area contributed by atoms with Crippen LogP contribution in [-0.4, -0.2) is 58.0 Å². The van der Waals surface area contributed by atoms with Gasteiger partial charge in [0.15, 0.2) is 12.6 Å². The van der Waals surface area contributed by atoms with Gasteiger partial charge in [0, 0.05) is 51.1 Å². The highest BCUT2D eigenvalue weighted by Gasteiger charge is 2.29. The van der Waals surface area contributed by atoms with Crippen molar-refractivity contribution in [2.24, 2.45) is 12.0 Å². The van der Waals surface area contributed by atoms with Crippen molar-refractivity contribution < 1.29 is 17.9 Å². The van der Waals surface area contributed by atoms with E-state index in [0.29, 0.717) is 12.5 Å². The third kappa shape index (κ3) is 7.03. The van der Waals surface area contributed by atoms with Gasteiger partial charge < -0.3 is 15.0 Å². The predicted octanol–water partition coefficient (Wildman–Crippen LogP) is 3.33. The monoisotopic (exact) mass is 538 g/mol. The molecule has 0 amide bonds. The van der Waals surface area contributed by atoms with Crippen molar-refractivity contribution in [2.75, 3.05) is 26.2 Å². The number of aromatic nitrogens is 3. The molecule has 3 heterocycles. The Morgan fingerprint density at radius 1 is 1.40 bits per heavy atom. The fraction of sp³-hybridized carbons (Fsp3) is 0.526. The number of rotatable bonds is 6. The lowest BCUT2D eigenvalue weighted by Crippen LogP contribution is -2.40. The first-order valence-electron chi connectivity index (χ1n) is 9.50. The Kier molecular flexibility index (Phi) is 8.74. The average molecular weight is 538 g/mol. The highest BCUT2D eigenvalue weighted by molar-refractivity contribution is 14.0. The quantitative estimate of drug-likeness (QED) is 0.348. The normalized spacial score (nSPS) is 17.0. The van der Waals surface area contributed by atoms with Crippen LogP contribution in [0.3, 0.4) is 0 Å². The molecule has 1 saturated heterocycles. The molecule has 1 fully saturated rings. The number of hydrogen-bond donors (Lipinski definition) is 1. The van der Waals surface area contributed by atoms with Crippen LogP contribution in [0.15, 0.2) is 35.7 Å². The molecule has 0 aliphatic carbocycles. The molecule has 7 nitrogen and oxygen atoms in total. The summed E-state index contributed by atoms with van der Waals surface area (Å²) in [6.07, 6.45) is 1.99. The predicted molar refractivity (Wildman–Crippen MR) is 118 cm³/mol. The minimum atomic E-state index is -4.39. The molecule has 0 bridgehead atoms. The number of guanidine groups is 1. The SMILES string of the molecule is CCNC(=NCc1ccnc(OCC(F)(F)F)c1)N1CCC(c2cnn(C)c2)C1.I. The summed E-state index contributed by atoms with van der Waals surface area (Å²) in [5.41, 5.74) is 1.95. The topological polar surface area (TPSA) is 67.6 Å². The number of aryl methyl sites for hydroxylation is 1. The number of alkyl halides is 3. The summed E-state index contributed by atoms with van der Waals surface area (Å²) in [5, 5.41) is 7.54. The zero-order chi connectivity index (χ0) is 20.9. The Bertz CT molecular complexity index is 842. The van der Waals surface area contributed by atoms with E-state index in [9.17, 15) is 13.2 Å². The van der Waals surface area contributed by atoms with E-state index in [1.807, 2.05) is 26.4 Å². The van der Waals surface area contributed by atoms with E-state index in [2.05, 4.69) is 25.3 Å². The van der Waals surface area contributed by atoms with Crippen LogP contribution in [-0.2, 0) is 13.6 Å². The maximum Gasteiger partial charge on any atom is 0.422 e. The molecule has 1 aliphatic rings. The van der Waals surface area contributed by atoms with Gasteiger partial charge in [0.05, 0.1) is 12.7 Å². The number of hydrogen-bond acceptors (Lipinski definition) is 4. The van der Waals surface area contributed by atoms with Crippen LogP contribution in [0, 0.1) is 0 Å². The van der Waals surface area contributed by atoms with Gasteiger partial charge in [-0.25, -0.2) is 9.98 Å². The fourth-order valence-electron chi connectivity index (χ4n) is 3.25. The summed E-state index contributed by atoms with van der Waals surface area (Å²) >= 11 is 0. The fourth-order valence-corrected chi connectivity index (χ4v) is 3.25. The molecule has 1 aliphatic heterocycles. The third-order valence-corrected chi connectivity index (χ3v) is 4.61. The van der Waals surface area contributed by atoms with Crippen molar-refractivity contribution in [3.8, 4) is 5.88 Å². The Balaban J connectivity index is 0.00000320. The number of aliphatic imine (C=N–C) groups is 1. The zero-order valence-corrected chi connectivity index (χ0v) is 19.2. The molecule has 1 N–H and O–H groups in total. The lowest BCUT2D eigenvalue weighted by Gasteiger charge is -2.21. The lowest BCUT2D eigenvalue weighted by molar-refractivity contribution is -0.154. The molecule has 2 aromatic rings. The van der Waals surface area contributed by atoms with Crippen molar-refractivity contribution in [1.82, 2.24) is 25.0 Å². The lowest BCUT2D eigenvalue weighted by atomic mass is 10.0. The number of pyridine rings is 1. The van der Waals surface area contributed by atoms with Gasteiger partial charge >= 0.3 is 6.18 Å². The minimum absolute atomic E-state index is 0. The molecule has 1 atom stereocenters. The van der Waals surface area contributed by atoms with E-state index >= 15 is 0 Å². The van der Waals surface area contributed by atoms with Gasteiger partial charge in [0.1, 0.15) is 0 Å². The van der Waals surface area contributed by atoms with Crippen LogP contribution >= 0.6 is 24.0 Å². The van der Waals surface area contributed by atoms with Gasteiger partial charge in [0.2, 0.25) is 5.88 Å². The number of likely N-dealkylation sites (tertiary alicyclic amines) is 1. The summed E-state index contributed by atoms with van der Waals surface area (Å²) in [4.78, 5) is 10.7. The third-order valence-electron chi connectivity index (χ3n) is 4.61. The molecule has 166 valence electrons. The van der Waals surface area contributed by atoms with Gasteiger partial charge in [-0.3, -0.25) is 4.68 Å². The van der Waals surface area contributed by atoms with Crippen LogP contribution in [0.5, 0.6) is 5.88 Å². The van der Waals surface area contributed by atoms with Crippen molar-refractivity contribution in [3.05, 3.63) is 41.9 Å². The summed E-state index contributed by atoms with van der Waals surface area (Å²) in [5.74, 6) is 1.13. The first-order valence-corrected chi connectivity index (χ1v) is 9.50. The van der Waals surface area contributed by atoms with Crippen molar-refractivity contribution in [2.45, 2.75) is 32.0 Å². The van der Waals surface area contributed by atoms with Crippen LogP contribution < -0.4 is 10.1 Å². The molecule has 0 aromatic carbocycles. The summed E-state index contributed by atoms with van der Waals surface area (Å²) in [6, 6.07) is 3.21. The van der Waals surface area contributed by atoms with E-state index in [-0.39, 0.29) is 29.9 Å². The number of halogens is 4. The maximum atomic E-state index is 12.3. The van der Waals surface area contributed by atoms with E-state index in [1.165, 1.54) is 17.8 Å². The molecule has 30 heavy (non-hydrogen) atoms. The molecule has 0 saturated carbocycles. The van der Waals surface area contributed by atoms with Gasteiger partial charge in [-0.15, -0.1) is 24.0 Å². The molecule has 3 rings (SSSR count). The first kappa shape index (κ1) is 24.2. The van der Waals surface area contributed by atoms with Gasteiger partial charge in [0.25, 0.3) is 0 Å². The Morgan fingerprint density at radius 3 is 2.87 bits per heavy atom. The molecule has 1 unspecified atom stereocenters. The van der Waals surface area contributed by atoms with Gasteiger partial charge in [-0.1, -0.05) is 0 Å². The van der Waals surface area contributed by atoms with E-state index in [0.717, 1.165) is 37.6 Å². The van der Waals surface area contributed by atoms with E-state index in [4.69, 9.17) is 4.74 Å². The van der Waals surface area contributed by atoms with Crippen LogP contribution in [0.2, 0.25) is 0 Å². The van der Waals surface area contributed by atoms with Crippen molar-refractivity contribution in [3.63, 3.8) is 0 Å². The molecular formula is C19H26F3IN6O. The number of nitrogens with one attached hydrogen (secondary N) is 1. The second-order valence-corrected chi connectivity index (χ2v) is 6.96. The Morgan fingerprint density at radius 2 is 2.20 bits per heavy atom.